The first-order valence-electron chi connectivity index (χ1n) is 6.15. The Labute approximate surface area is 114 Å². The Balaban J connectivity index is 2.34. The lowest BCUT2D eigenvalue weighted by atomic mass is 10.1. The van der Waals surface area contributed by atoms with E-state index in [1.54, 1.807) is 12.4 Å². The van der Waals surface area contributed by atoms with Crippen molar-refractivity contribution in [2.45, 2.75) is 19.6 Å². The van der Waals surface area contributed by atoms with E-state index in [0.29, 0.717) is 0 Å². The number of anilines is 1. The van der Waals surface area contributed by atoms with Gasteiger partial charge in [-0.25, -0.2) is 4.98 Å². The zero-order valence-corrected chi connectivity index (χ0v) is 12.4. The third kappa shape index (κ3) is 3.93. The van der Waals surface area contributed by atoms with Gasteiger partial charge in [0.1, 0.15) is 13.8 Å². The van der Waals surface area contributed by atoms with Crippen molar-refractivity contribution in [2.75, 3.05) is 5.73 Å². The number of hydrogen-bond acceptors (Lipinski definition) is 3. The smallest absolute Gasteiger partial charge is 0.131 e. The molecule has 0 saturated heterocycles. The van der Waals surface area contributed by atoms with Crippen LogP contribution in [0, 0.1) is 11.5 Å². The fourth-order valence-corrected chi connectivity index (χ4v) is 1.97. The van der Waals surface area contributed by atoms with Gasteiger partial charge in [0.15, 0.2) is 0 Å². The van der Waals surface area contributed by atoms with E-state index in [1.807, 2.05) is 24.3 Å². The van der Waals surface area contributed by atoms with Gasteiger partial charge in [0.05, 0.1) is 18.1 Å². The van der Waals surface area contributed by atoms with Crippen LogP contribution >= 0.6 is 0 Å². The molecule has 1 aromatic heterocycles. The monoisotopic (exact) mass is 267 g/mol. The topological polar surface area (TPSA) is 51.8 Å². The second-order valence-electron chi connectivity index (χ2n) is 5.41. The number of nitrogen functional groups attached to an aromatic ring is 1. The van der Waals surface area contributed by atoms with Gasteiger partial charge in [-0.05, 0) is 12.1 Å². The largest absolute Gasteiger partial charge is 0.399 e. The molecule has 4 heteroatoms. The van der Waals surface area contributed by atoms with E-state index in [2.05, 4.69) is 41.1 Å². The molecule has 19 heavy (non-hydrogen) atoms. The van der Waals surface area contributed by atoms with Gasteiger partial charge in [-0.3, -0.25) is 4.98 Å². The molecule has 96 valence electrons. The van der Waals surface area contributed by atoms with Crippen molar-refractivity contribution in [2.24, 2.45) is 0 Å². The highest BCUT2D eigenvalue weighted by atomic mass is 28.3. The zero-order valence-electron chi connectivity index (χ0n) is 11.4. The molecule has 2 rings (SSSR count). The van der Waals surface area contributed by atoms with Crippen LogP contribution in [-0.2, 0) is 0 Å². The highest BCUT2D eigenvalue weighted by molar-refractivity contribution is 6.83. The van der Waals surface area contributed by atoms with Crippen LogP contribution < -0.4 is 5.73 Å². The summed E-state index contributed by atoms with van der Waals surface area (Å²) >= 11 is 0. The van der Waals surface area contributed by atoms with Crippen LogP contribution in [0.1, 0.15) is 5.69 Å². The maximum Gasteiger partial charge on any atom is 0.131 e. The van der Waals surface area contributed by atoms with Gasteiger partial charge in [-0.15, -0.1) is 5.54 Å². The number of benzene rings is 1. The minimum absolute atomic E-state index is 0.719. The van der Waals surface area contributed by atoms with Crippen LogP contribution in [0.15, 0.2) is 36.7 Å². The minimum Gasteiger partial charge on any atom is -0.399 e. The summed E-state index contributed by atoms with van der Waals surface area (Å²) in [6.45, 7) is 6.62. The third-order valence-electron chi connectivity index (χ3n) is 2.41. The summed E-state index contributed by atoms with van der Waals surface area (Å²) < 4.78 is 0. The number of rotatable bonds is 1. The first-order chi connectivity index (χ1) is 8.94. The number of hydrogen-bond donors (Lipinski definition) is 1. The van der Waals surface area contributed by atoms with E-state index in [-0.39, 0.29) is 0 Å². The Hall–Kier alpha value is -2.12. The van der Waals surface area contributed by atoms with Crippen LogP contribution in [0.2, 0.25) is 19.6 Å². The molecule has 2 aromatic rings. The van der Waals surface area contributed by atoms with Gasteiger partial charge in [-0.1, -0.05) is 37.7 Å². The van der Waals surface area contributed by atoms with Crippen molar-refractivity contribution in [3.63, 3.8) is 0 Å². The molecule has 0 spiro atoms. The van der Waals surface area contributed by atoms with Crippen LogP contribution in [0.4, 0.5) is 5.69 Å². The normalized spacial score (nSPS) is 10.7. The average molecular weight is 267 g/mol. The number of nitrogens with zero attached hydrogens (tertiary/aromatic N) is 2. The summed E-state index contributed by atoms with van der Waals surface area (Å²) in [5.41, 5.74) is 12.3. The van der Waals surface area contributed by atoms with E-state index >= 15 is 0 Å². The zero-order chi connectivity index (χ0) is 13.9. The molecule has 0 radical (unpaired) electrons. The van der Waals surface area contributed by atoms with E-state index in [9.17, 15) is 0 Å². The summed E-state index contributed by atoms with van der Waals surface area (Å²) in [7, 11) is -1.39. The van der Waals surface area contributed by atoms with Crippen molar-refractivity contribution >= 4 is 13.8 Å². The van der Waals surface area contributed by atoms with Crippen molar-refractivity contribution < 1.29 is 0 Å². The molecule has 2 N–H and O–H groups in total. The molecular weight excluding hydrogens is 250 g/mol. The molecule has 1 heterocycles. The summed E-state index contributed by atoms with van der Waals surface area (Å²) in [5.74, 6) is 3.12. The highest BCUT2D eigenvalue weighted by Crippen LogP contribution is 2.17. The highest BCUT2D eigenvalue weighted by Gasteiger charge is 2.08. The molecule has 0 unspecified atom stereocenters. The number of nitrogens with two attached hydrogens (primary N) is 1. The lowest BCUT2D eigenvalue weighted by Crippen LogP contribution is -2.16. The van der Waals surface area contributed by atoms with Gasteiger partial charge in [0.2, 0.25) is 0 Å². The molecule has 3 nitrogen and oxygen atoms in total. The molecule has 0 aliphatic heterocycles. The van der Waals surface area contributed by atoms with Crippen molar-refractivity contribution in [1.29, 1.82) is 0 Å². The Kier molecular flexibility index (Phi) is 3.68. The van der Waals surface area contributed by atoms with Gasteiger partial charge in [0.25, 0.3) is 0 Å². The van der Waals surface area contributed by atoms with Gasteiger partial charge < -0.3 is 5.73 Å². The molecule has 0 atom stereocenters. The Morgan fingerprint density at radius 1 is 1.05 bits per heavy atom. The van der Waals surface area contributed by atoms with E-state index in [4.69, 9.17) is 5.73 Å². The van der Waals surface area contributed by atoms with Crippen LogP contribution in [-0.4, -0.2) is 18.0 Å². The third-order valence-corrected chi connectivity index (χ3v) is 3.28. The molecule has 0 amide bonds. The molecule has 0 bridgehead atoms. The van der Waals surface area contributed by atoms with Crippen molar-refractivity contribution in [3.05, 3.63) is 42.4 Å². The van der Waals surface area contributed by atoms with Crippen molar-refractivity contribution in [3.8, 4) is 22.7 Å². The predicted octanol–water partition coefficient (Wildman–Crippen LogP) is 2.95. The van der Waals surface area contributed by atoms with Gasteiger partial charge >= 0.3 is 0 Å². The molecule has 0 aliphatic rings. The first kappa shape index (κ1) is 13.3. The summed E-state index contributed by atoms with van der Waals surface area (Å²) in [4.78, 5) is 8.72. The minimum atomic E-state index is -1.39. The SMILES string of the molecule is C[Si](C)(C)C#Cc1cncc(-c2ccc(N)cc2)n1. The summed E-state index contributed by atoms with van der Waals surface area (Å²) in [6, 6.07) is 7.60. The van der Waals surface area contributed by atoms with Gasteiger partial charge in [-0.2, -0.15) is 0 Å². The molecule has 0 fully saturated rings. The summed E-state index contributed by atoms with van der Waals surface area (Å²) in [5, 5.41) is 0. The summed E-state index contributed by atoms with van der Waals surface area (Å²) in [6.07, 6.45) is 3.44. The fourth-order valence-electron chi connectivity index (χ4n) is 1.47. The number of aromatic nitrogens is 2. The molecule has 0 aliphatic carbocycles. The van der Waals surface area contributed by atoms with E-state index in [0.717, 1.165) is 22.6 Å². The second kappa shape index (κ2) is 5.25. The van der Waals surface area contributed by atoms with Crippen LogP contribution in [0.3, 0.4) is 0 Å². The van der Waals surface area contributed by atoms with Crippen LogP contribution in [0.5, 0.6) is 0 Å². The van der Waals surface area contributed by atoms with E-state index < -0.39 is 8.07 Å². The molecule has 0 saturated carbocycles. The quantitative estimate of drug-likeness (QED) is 0.491. The second-order valence-corrected chi connectivity index (χ2v) is 10.2. The fraction of sp³-hybridized carbons (Fsp3) is 0.200. The maximum atomic E-state index is 5.68. The molecular formula is C15H17N3Si. The van der Waals surface area contributed by atoms with E-state index in [1.165, 1.54) is 0 Å². The Morgan fingerprint density at radius 3 is 2.37 bits per heavy atom. The molecule has 1 aromatic carbocycles. The standard InChI is InChI=1S/C15H17N3Si/c1-19(2,3)9-8-14-10-17-11-15(18-14)12-4-6-13(16)7-5-12/h4-7,10-11H,16H2,1-3H3. The first-order valence-corrected chi connectivity index (χ1v) is 9.65. The lowest BCUT2D eigenvalue weighted by molar-refractivity contribution is 1.18. The van der Waals surface area contributed by atoms with Crippen LogP contribution in [0.25, 0.3) is 11.3 Å². The van der Waals surface area contributed by atoms with Crippen molar-refractivity contribution in [1.82, 2.24) is 9.97 Å². The lowest BCUT2D eigenvalue weighted by Gasteiger charge is -2.04. The Bertz CT molecular complexity index is 631. The predicted molar refractivity (Wildman–Crippen MR) is 82.1 cm³/mol. The average Bonchev–Trinajstić information content (AvgIpc) is 2.37. The van der Waals surface area contributed by atoms with Gasteiger partial charge in [0, 0.05) is 11.3 Å². The Morgan fingerprint density at radius 2 is 1.74 bits per heavy atom. The maximum absolute atomic E-state index is 5.68.